The van der Waals surface area contributed by atoms with Gasteiger partial charge in [0.2, 0.25) is 0 Å². The highest BCUT2D eigenvalue weighted by molar-refractivity contribution is 5.75. The maximum absolute atomic E-state index is 6.35. The molecule has 5 rings (SSSR count). The summed E-state index contributed by atoms with van der Waals surface area (Å²) in [6.45, 7) is 0. The van der Waals surface area contributed by atoms with Crippen LogP contribution in [0, 0.1) is 0 Å². The molecule has 0 atom stereocenters. The number of H-pyrrole nitrogens is 2. The molecule has 5 heterocycles. The molecule has 0 saturated heterocycles. The topological polar surface area (TPSA) is 83.4 Å². The van der Waals surface area contributed by atoms with Crippen molar-refractivity contribution in [2.45, 2.75) is 25.7 Å². The standard InChI is InChI=1S/C20H19N5/c21-20-18-7-5-16(24-18)10-14-3-1-12(22-14)9-13-2-4-15(23-13)11-17-6-8-19(20)25-17/h1,3,6,8-11,22,25H,2,4-5,7,21H2. The number of nitrogens with two attached hydrogens (primary N) is 1. The highest BCUT2D eigenvalue weighted by atomic mass is 14.8. The zero-order valence-electron chi connectivity index (χ0n) is 13.8. The summed E-state index contributed by atoms with van der Waals surface area (Å²) in [6, 6.07) is 14.6. The van der Waals surface area contributed by atoms with E-state index in [0.717, 1.165) is 76.2 Å². The van der Waals surface area contributed by atoms with Crippen LogP contribution in [0.15, 0.2) is 42.5 Å². The van der Waals surface area contributed by atoms with Gasteiger partial charge in [0.1, 0.15) is 0 Å². The van der Waals surface area contributed by atoms with Gasteiger partial charge in [-0.15, -0.1) is 0 Å². The summed E-state index contributed by atoms with van der Waals surface area (Å²) < 4.78 is 0. The van der Waals surface area contributed by atoms with Crippen LogP contribution in [-0.2, 0) is 25.7 Å². The summed E-state index contributed by atoms with van der Waals surface area (Å²) in [5.41, 5.74) is 15.4. The number of fused-ring (bicyclic) bond motifs is 8. The van der Waals surface area contributed by atoms with E-state index in [-0.39, 0.29) is 0 Å². The first-order valence-corrected chi connectivity index (χ1v) is 8.65. The van der Waals surface area contributed by atoms with Crippen LogP contribution in [0.3, 0.4) is 0 Å². The smallest absolute Gasteiger partial charge is 0.0772 e. The molecule has 4 N–H and O–H groups in total. The number of aryl methyl sites for hydroxylation is 4. The second-order valence-electron chi connectivity index (χ2n) is 6.69. The Balaban J connectivity index is 1.85. The van der Waals surface area contributed by atoms with Crippen molar-refractivity contribution in [1.82, 2.24) is 19.9 Å². The van der Waals surface area contributed by atoms with Gasteiger partial charge in [-0.05, 0) is 68.1 Å². The van der Waals surface area contributed by atoms with Gasteiger partial charge in [-0.2, -0.15) is 0 Å². The van der Waals surface area contributed by atoms with Gasteiger partial charge < -0.3 is 15.7 Å². The minimum absolute atomic E-state index is 0.733. The molecule has 124 valence electrons. The van der Waals surface area contributed by atoms with E-state index in [1.807, 2.05) is 12.1 Å². The van der Waals surface area contributed by atoms with Crippen molar-refractivity contribution in [3.63, 3.8) is 0 Å². The van der Waals surface area contributed by atoms with E-state index in [1.54, 1.807) is 0 Å². The number of anilines is 1. The van der Waals surface area contributed by atoms with E-state index in [4.69, 9.17) is 15.7 Å². The van der Waals surface area contributed by atoms with Crippen LogP contribution in [0.2, 0.25) is 0 Å². The fourth-order valence-electron chi connectivity index (χ4n) is 3.54. The van der Waals surface area contributed by atoms with Crippen molar-refractivity contribution < 1.29 is 0 Å². The second kappa shape index (κ2) is 5.48. The highest BCUT2D eigenvalue weighted by Gasteiger charge is 2.11. The first-order chi connectivity index (χ1) is 12.2. The van der Waals surface area contributed by atoms with Gasteiger partial charge in [-0.1, -0.05) is 0 Å². The Kier molecular flexibility index (Phi) is 3.13. The monoisotopic (exact) mass is 329 g/mol. The second-order valence-corrected chi connectivity index (χ2v) is 6.69. The normalized spacial score (nSPS) is 13.9. The maximum Gasteiger partial charge on any atom is 0.0772 e. The summed E-state index contributed by atoms with van der Waals surface area (Å²) in [4.78, 5) is 16.3. The van der Waals surface area contributed by atoms with Crippen LogP contribution < -0.4 is 5.73 Å². The molecule has 8 bridgehead atoms. The number of aromatic nitrogens is 4. The van der Waals surface area contributed by atoms with Crippen LogP contribution in [0.1, 0.15) is 22.8 Å². The molecule has 0 fully saturated rings. The van der Waals surface area contributed by atoms with Gasteiger partial charge in [0, 0.05) is 33.6 Å². The Hall–Kier alpha value is -3.08. The lowest BCUT2D eigenvalue weighted by molar-refractivity contribution is 1.02. The van der Waals surface area contributed by atoms with Gasteiger partial charge in [0.05, 0.1) is 16.9 Å². The molecule has 0 aromatic carbocycles. The average molecular weight is 329 g/mol. The lowest BCUT2D eigenvalue weighted by Gasteiger charge is -1.94. The fourth-order valence-corrected chi connectivity index (χ4v) is 3.54. The number of aromatic amines is 2. The molecule has 5 nitrogen and oxygen atoms in total. The van der Waals surface area contributed by atoms with Crippen molar-refractivity contribution in [2.75, 3.05) is 5.73 Å². The van der Waals surface area contributed by atoms with E-state index in [1.165, 1.54) is 0 Å². The number of rotatable bonds is 0. The summed E-state index contributed by atoms with van der Waals surface area (Å²) >= 11 is 0. The lowest BCUT2D eigenvalue weighted by atomic mass is 10.2. The summed E-state index contributed by atoms with van der Waals surface area (Å²) in [7, 11) is 0. The molecule has 25 heavy (non-hydrogen) atoms. The number of nitrogens with one attached hydrogen (secondary N) is 2. The Bertz CT molecular complexity index is 1120. The number of hydrogen-bond acceptors (Lipinski definition) is 3. The molecule has 3 aromatic heterocycles. The third kappa shape index (κ3) is 2.67. The van der Waals surface area contributed by atoms with E-state index < -0.39 is 0 Å². The summed E-state index contributed by atoms with van der Waals surface area (Å²) in [5.74, 6) is 0. The van der Waals surface area contributed by atoms with Crippen molar-refractivity contribution in [3.8, 4) is 0 Å². The largest absolute Gasteiger partial charge is 0.396 e. The predicted molar refractivity (Wildman–Crippen MR) is 100 cm³/mol. The maximum atomic E-state index is 6.35. The van der Waals surface area contributed by atoms with Crippen molar-refractivity contribution in [3.05, 3.63) is 65.2 Å². The molecule has 5 heteroatoms. The van der Waals surface area contributed by atoms with Crippen LogP contribution >= 0.6 is 0 Å². The minimum Gasteiger partial charge on any atom is -0.396 e. The Labute approximate surface area is 145 Å². The van der Waals surface area contributed by atoms with E-state index in [9.17, 15) is 0 Å². The molecular weight excluding hydrogens is 310 g/mol. The fraction of sp³-hybridized carbons (Fsp3) is 0.200. The zero-order valence-corrected chi connectivity index (χ0v) is 13.8. The molecule has 2 aliphatic rings. The average Bonchev–Trinajstić information content (AvgIpc) is 3.36. The molecule has 0 amide bonds. The predicted octanol–water partition coefficient (Wildman–Crippen LogP) is 3.47. The SMILES string of the molecule is Nc1c2nc(cc3ccc(cc4nc(cc5ccc1[nH]5)CC4)[nH]3)CC2. The first-order valence-electron chi connectivity index (χ1n) is 8.65. The quantitative estimate of drug-likeness (QED) is 0.590. The van der Waals surface area contributed by atoms with Gasteiger partial charge in [-0.3, -0.25) is 9.97 Å². The first kappa shape index (κ1) is 14.3. The van der Waals surface area contributed by atoms with Crippen molar-refractivity contribution in [1.29, 1.82) is 0 Å². The highest BCUT2D eigenvalue weighted by Crippen LogP contribution is 2.21. The Morgan fingerprint density at radius 1 is 0.680 bits per heavy atom. The molecular formula is C20H19N5. The molecule has 0 spiro atoms. The zero-order chi connectivity index (χ0) is 16.8. The third-order valence-electron chi connectivity index (χ3n) is 4.83. The molecule has 2 aliphatic heterocycles. The van der Waals surface area contributed by atoms with Crippen LogP contribution in [0.25, 0.3) is 22.1 Å². The van der Waals surface area contributed by atoms with Gasteiger partial charge >= 0.3 is 0 Å². The molecule has 0 unspecified atom stereocenters. The van der Waals surface area contributed by atoms with E-state index >= 15 is 0 Å². The van der Waals surface area contributed by atoms with Crippen molar-refractivity contribution >= 4 is 27.8 Å². The summed E-state index contributed by atoms with van der Waals surface area (Å²) in [6.07, 6.45) is 3.72. The number of nitrogens with zero attached hydrogens (tertiary/aromatic N) is 2. The molecule has 0 aliphatic carbocycles. The van der Waals surface area contributed by atoms with Gasteiger partial charge in [-0.25, -0.2) is 0 Å². The molecule has 3 aromatic rings. The van der Waals surface area contributed by atoms with Gasteiger partial charge in [0.25, 0.3) is 0 Å². The van der Waals surface area contributed by atoms with Crippen molar-refractivity contribution in [2.24, 2.45) is 0 Å². The van der Waals surface area contributed by atoms with E-state index in [2.05, 4.69) is 40.3 Å². The van der Waals surface area contributed by atoms with Gasteiger partial charge in [0.15, 0.2) is 0 Å². The number of nitrogen functional groups attached to an aromatic ring is 1. The van der Waals surface area contributed by atoms with Crippen LogP contribution in [0.4, 0.5) is 5.69 Å². The molecule has 0 saturated carbocycles. The summed E-state index contributed by atoms with van der Waals surface area (Å²) in [5, 5.41) is 0. The van der Waals surface area contributed by atoms with E-state index in [0.29, 0.717) is 0 Å². The van der Waals surface area contributed by atoms with Crippen LogP contribution in [-0.4, -0.2) is 19.9 Å². The number of hydrogen-bond donors (Lipinski definition) is 3. The third-order valence-corrected chi connectivity index (χ3v) is 4.83. The minimum atomic E-state index is 0.733. The lowest BCUT2D eigenvalue weighted by Crippen LogP contribution is -1.92. The molecule has 0 radical (unpaired) electrons. The Morgan fingerprint density at radius 3 is 1.96 bits per heavy atom. The van der Waals surface area contributed by atoms with Crippen LogP contribution in [0.5, 0.6) is 0 Å². The Morgan fingerprint density at radius 2 is 1.24 bits per heavy atom.